The molecule has 3 rings (SSSR count). The van der Waals surface area contributed by atoms with Crippen molar-refractivity contribution < 1.29 is 18.3 Å². The number of rotatable bonds is 5. The predicted molar refractivity (Wildman–Crippen MR) is 113 cm³/mol. The zero-order chi connectivity index (χ0) is 21.2. The molecule has 2 aromatic heterocycles. The lowest BCUT2D eigenvalue weighted by atomic mass is 10.1. The average Bonchev–Trinajstić information content (AvgIpc) is 3.13. The molecular weight excluding hydrogens is 432 g/mol. The normalized spacial score (nSPS) is 12.1. The molecule has 0 saturated carbocycles. The minimum Gasteiger partial charge on any atom is -0.463 e. The van der Waals surface area contributed by atoms with Crippen molar-refractivity contribution in [3.05, 3.63) is 53.4 Å². The van der Waals surface area contributed by atoms with E-state index in [1.165, 1.54) is 30.2 Å². The first-order chi connectivity index (χ1) is 13.7. The molecule has 0 aliphatic rings. The van der Waals surface area contributed by atoms with Gasteiger partial charge in [-0.3, -0.25) is 0 Å². The van der Waals surface area contributed by atoms with Crippen LogP contribution in [0.3, 0.4) is 0 Å². The Balaban J connectivity index is 2.11. The molecule has 3 aromatic rings. The van der Waals surface area contributed by atoms with Crippen LogP contribution in [-0.2, 0) is 9.84 Å². The van der Waals surface area contributed by atoms with Gasteiger partial charge in [-0.1, -0.05) is 12.1 Å². The number of thioether (sulfide) groups is 1. The lowest BCUT2D eigenvalue weighted by Gasteiger charge is -2.08. The fourth-order valence-electron chi connectivity index (χ4n) is 2.60. The van der Waals surface area contributed by atoms with Crippen molar-refractivity contribution in [3.63, 3.8) is 0 Å². The summed E-state index contributed by atoms with van der Waals surface area (Å²) in [4.78, 5) is 22.6. The van der Waals surface area contributed by atoms with Gasteiger partial charge in [0.15, 0.2) is 0 Å². The van der Waals surface area contributed by atoms with E-state index in [2.05, 4.69) is 15.0 Å². The maximum Gasteiger partial charge on any atom is 0.433 e. The Kier molecular flexibility index (Phi) is 6.01. The van der Waals surface area contributed by atoms with Crippen LogP contribution < -0.4 is 5.73 Å². The second-order valence-electron chi connectivity index (χ2n) is 5.80. The Bertz CT molecular complexity index is 1220. The van der Waals surface area contributed by atoms with E-state index in [4.69, 9.17) is 10.8 Å². The molecule has 0 spiro atoms. The minimum absolute atomic E-state index is 0.0618. The van der Waals surface area contributed by atoms with E-state index in [-0.39, 0.29) is 20.5 Å². The van der Waals surface area contributed by atoms with Gasteiger partial charge in [-0.2, -0.15) is 4.99 Å². The number of amides is 1. The Hall–Kier alpha value is -2.76. The van der Waals surface area contributed by atoms with Crippen LogP contribution in [0, 0.1) is 6.92 Å². The largest absolute Gasteiger partial charge is 0.463 e. The highest BCUT2D eigenvalue weighted by atomic mass is 32.2. The molecule has 0 radical (unpaired) electrons. The molecule has 0 saturated heterocycles. The number of carbonyl (C=O) groups is 1. The number of hydrogen-bond donors (Lipinski definition) is 2. The Morgan fingerprint density at radius 3 is 2.72 bits per heavy atom. The summed E-state index contributed by atoms with van der Waals surface area (Å²) in [5.74, 6) is -0.245. The van der Waals surface area contributed by atoms with Gasteiger partial charge in [0, 0.05) is 17.5 Å². The highest BCUT2D eigenvalue weighted by Crippen LogP contribution is 2.37. The number of aromatic nitrogens is 2. The quantitative estimate of drug-likeness (QED) is 0.344. The van der Waals surface area contributed by atoms with Gasteiger partial charge in [-0.25, -0.2) is 23.2 Å². The third-order valence-corrected chi connectivity index (χ3v) is 8.30. The SMILES string of the molecule is CSc1sc(/C(N)=N\C(=O)O)cc1S(=O)(=O)c1cccc(-c2cncnc2C)c1. The third kappa shape index (κ3) is 4.31. The number of aryl methyl sites for hydroxylation is 1. The van der Waals surface area contributed by atoms with E-state index >= 15 is 0 Å². The maximum atomic E-state index is 13.3. The molecule has 0 fully saturated rings. The summed E-state index contributed by atoms with van der Waals surface area (Å²) in [6.07, 6.45) is 3.35. The Morgan fingerprint density at radius 2 is 2.07 bits per heavy atom. The first-order valence-corrected chi connectivity index (χ1v) is 11.6. The number of benzene rings is 1. The van der Waals surface area contributed by atoms with Crippen molar-refractivity contribution in [2.24, 2.45) is 10.7 Å². The predicted octanol–water partition coefficient (Wildman–Crippen LogP) is 3.45. The number of amidine groups is 1. The van der Waals surface area contributed by atoms with Gasteiger partial charge >= 0.3 is 6.09 Å². The fourth-order valence-corrected chi connectivity index (χ4v) is 6.55. The number of nitrogens with two attached hydrogens (primary N) is 1. The number of sulfone groups is 1. The second kappa shape index (κ2) is 8.31. The van der Waals surface area contributed by atoms with Crippen molar-refractivity contribution in [1.29, 1.82) is 0 Å². The second-order valence-corrected chi connectivity index (χ2v) is 9.84. The van der Waals surface area contributed by atoms with E-state index in [1.807, 2.05) is 6.92 Å². The van der Waals surface area contributed by atoms with Gasteiger partial charge in [0.05, 0.1) is 18.9 Å². The monoisotopic (exact) mass is 448 g/mol. The molecule has 1 amide bonds. The van der Waals surface area contributed by atoms with E-state index in [0.29, 0.717) is 9.77 Å². The molecule has 8 nitrogen and oxygen atoms in total. The first kappa shape index (κ1) is 21.0. The molecule has 29 heavy (non-hydrogen) atoms. The molecule has 2 heterocycles. The van der Waals surface area contributed by atoms with Gasteiger partial charge in [0.1, 0.15) is 12.2 Å². The number of thiophene rings is 1. The van der Waals surface area contributed by atoms with Gasteiger partial charge in [0.2, 0.25) is 9.84 Å². The lowest BCUT2D eigenvalue weighted by molar-refractivity contribution is 0.205. The summed E-state index contributed by atoms with van der Waals surface area (Å²) in [5.41, 5.74) is 7.84. The van der Waals surface area contributed by atoms with Gasteiger partial charge < -0.3 is 10.8 Å². The van der Waals surface area contributed by atoms with Crippen LogP contribution in [0.25, 0.3) is 11.1 Å². The highest BCUT2D eigenvalue weighted by Gasteiger charge is 2.25. The molecule has 0 atom stereocenters. The van der Waals surface area contributed by atoms with Gasteiger partial charge in [0.25, 0.3) is 0 Å². The highest BCUT2D eigenvalue weighted by molar-refractivity contribution is 8.01. The number of aliphatic imine (C=N–C) groups is 1. The maximum absolute atomic E-state index is 13.3. The van der Waals surface area contributed by atoms with Crippen molar-refractivity contribution in [2.45, 2.75) is 20.9 Å². The molecule has 3 N–H and O–H groups in total. The summed E-state index contributed by atoms with van der Waals surface area (Å²) in [7, 11) is -3.88. The molecule has 150 valence electrons. The number of hydrogen-bond acceptors (Lipinski definition) is 7. The van der Waals surface area contributed by atoms with E-state index in [9.17, 15) is 13.2 Å². The molecule has 0 aliphatic carbocycles. The zero-order valence-corrected chi connectivity index (χ0v) is 17.8. The summed E-state index contributed by atoms with van der Waals surface area (Å²) in [6, 6.07) is 7.88. The Morgan fingerprint density at radius 1 is 1.31 bits per heavy atom. The summed E-state index contributed by atoms with van der Waals surface area (Å²) >= 11 is 2.32. The number of carboxylic acid groups (broad SMARTS) is 1. The van der Waals surface area contributed by atoms with Crippen molar-refractivity contribution in [3.8, 4) is 11.1 Å². The number of nitrogens with zero attached hydrogens (tertiary/aromatic N) is 3. The fraction of sp³-hybridized carbons (Fsp3) is 0.111. The van der Waals surface area contributed by atoms with Crippen LogP contribution in [0.15, 0.2) is 61.8 Å². The molecule has 1 aromatic carbocycles. The van der Waals surface area contributed by atoms with Crippen LogP contribution in [0.2, 0.25) is 0 Å². The average molecular weight is 449 g/mol. The van der Waals surface area contributed by atoms with Crippen LogP contribution in [0.1, 0.15) is 10.6 Å². The van der Waals surface area contributed by atoms with Gasteiger partial charge in [-0.15, -0.1) is 23.1 Å². The summed E-state index contributed by atoms with van der Waals surface area (Å²) in [5, 5.41) is 8.78. The van der Waals surface area contributed by atoms with E-state index in [0.717, 1.165) is 22.6 Å². The topological polar surface area (TPSA) is 136 Å². The standard InChI is InChI=1S/C18H16N4O4S3/c1-10-13(8-20-9-21-10)11-4-3-5-12(6-11)29(25,26)15-7-14(28-17(15)27-2)16(19)22-18(23)24/h3-9H,1-2H3,(H2,19,22)(H,23,24). The minimum atomic E-state index is -3.88. The van der Waals surface area contributed by atoms with Crippen LogP contribution in [0.5, 0.6) is 0 Å². The molecular formula is C18H16N4O4S3. The van der Waals surface area contributed by atoms with Crippen LogP contribution >= 0.6 is 23.1 Å². The summed E-state index contributed by atoms with van der Waals surface area (Å²) in [6.45, 7) is 1.82. The first-order valence-electron chi connectivity index (χ1n) is 8.11. The lowest BCUT2D eigenvalue weighted by Crippen LogP contribution is -2.13. The van der Waals surface area contributed by atoms with Gasteiger partial charge in [-0.05, 0) is 36.9 Å². The molecule has 11 heteroatoms. The van der Waals surface area contributed by atoms with E-state index < -0.39 is 15.9 Å². The van der Waals surface area contributed by atoms with Crippen molar-refractivity contribution >= 4 is 44.9 Å². The Labute approximate surface area is 175 Å². The zero-order valence-electron chi connectivity index (χ0n) is 15.4. The molecule has 0 bridgehead atoms. The van der Waals surface area contributed by atoms with Crippen LogP contribution in [-0.4, -0.2) is 41.7 Å². The van der Waals surface area contributed by atoms with E-state index in [1.54, 1.807) is 30.7 Å². The smallest absolute Gasteiger partial charge is 0.433 e. The van der Waals surface area contributed by atoms with Crippen LogP contribution in [0.4, 0.5) is 4.79 Å². The molecule has 0 unspecified atom stereocenters. The van der Waals surface area contributed by atoms with Crippen molar-refractivity contribution in [1.82, 2.24) is 9.97 Å². The molecule has 0 aliphatic heterocycles. The third-order valence-electron chi connectivity index (χ3n) is 3.98. The van der Waals surface area contributed by atoms with Crippen molar-refractivity contribution in [2.75, 3.05) is 6.26 Å². The summed E-state index contributed by atoms with van der Waals surface area (Å²) < 4.78 is 27.1.